The zero-order valence-electron chi connectivity index (χ0n) is 14.4. The number of likely N-dealkylation sites (N-methyl/N-ethyl adjacent to an activating group) is 1. The normalized spacial score (nSPS) is 10.9. The van der Waals surface area contributed by atoms with Gasteiger partial charge in [-0.05, 0) is 33.2 Å². The summed E-state index contributed by atoms with van der Waals surface area (Å²) in [7, 11) is 3.93. The summed E-state index contributed by atoms with van der Waals surface area (Å²) in [5, 5.41) is 11.7. The molecule has 0 amide bonds. The van der Waals surface area contributed by atoms with Crippen molar-refractivity contribution in [3.8, 4) is 22.1 Å². The predicted octanol–water partition coefficient (Wildman–Crippen LogP) is 3.43. The van der Waals surface area contributed by atoms with Gasteiger partial charge in [-0.15, -0.1) is 11.3 Å². The van der Waals surface area contributed by atoms with Crippen molar-refractivity contribution >= 4 is 28.9 Å². The third kappa shape index (κ3) is 5.59. The van der Waals surface area contributed by atoms with Crippen molar-refractivity contribution in [2.75, 3.05) is 33.9 Å². The van der Waals surface area contributed by atoms with E-state index in [1.807, 2.05) is 32.0 Å². The molecule has 2 aromatic rings. The fraction of sp³-hybridized carbons (Fsp3) is 0.412. The summed E-state index contributed by atoms with van der Waals surface area (Å²) in [5.41, 5.74) is 1.29. The van der Waals surface area contributed by atoms with Crippen LogP contribution in [0.25, 0.3) is 10.6 Å². The van der Waals surface area contributed by atoms with Gasteiger partial charge in [-0.2, -0.15) is 0 Å². The topological polar surface area (TPSA) is 71.9 Å². The van der Waals surface area contributed by atoms with Crippen LogP contribution in [0.5, 0.6) is 11.5 Å². The lowest BCUT2D eigenvalue weighted by Crippen LogP contribution is -2.19. The molecule has 8 heteroatoms. The molecule has 0 spiro atoms. The Bertz CT molecular complexity index is 733. The minimum absolute atomic E-state index is 0.103. The first-order valence-corrected chi connectivity index (χ1v) is 9.07. The van der Waals surface area contributed by atoms with Crippen LogP contribution in [0, 0.1) is 0 Å². The lowest BCUT2D eigenvalue weighted by molar-refractivity contribution is -0.136. The lowest BCUT2D eigenvalue weighted by atomic mass is 10.2. The maximum atomic E-state index is 10.8. The van der Waals surface area contributed by atoms with E-state index in [4.69, 9.17) is 26.2 Å². The molecule has 1 aromatic heterocycles. The van der Waals surface area contributed by atoms with Gasteiger partial charge >= 0.3 is 5.97 Å². The molecule has 0 unspecified atom stereocenters. The summed E-state index contributed by atoms with van der Waals surface area (Å²) >= 11 is 7.76. The minimum Gasteiger partial charge on any atom is -0.490 e. The number of carboxylic acids is 1. The summed E-state index contributed by atoms with van der Waals surface area (Å²) in [6.45, 7) is 3.62. The van der Waals surface area contributed by atoms with Gasteiger partial charge in [-0.3, -0.25) is 4.79 Å². The molecule has 1 aromatic carbocycles. The van der Waals surface area contributed by atoms with Crippen LogP contribution < -0.4 is 9.47 Å². The van der Waals surface area contributed by atoms with Crippen molar-refractivity contribution < 1.29 is 19.4 Å². The number of aliphatic carboxylic acids is 1. The molecular formula is C17H21ClN2O4S. The van der Waals surface area contributed by atoms with Crippen LogP contribution in [-0.2, 0) is 11.2 Å². The first-order valence-electron chi connectivity index (χ1n) is 7.81. The number of benzene rings is 1. The Morgan fingerprint density at radius 2 is 2.12 bits per heavy atom. The van der Waals surface area contributed by atoms with Gasteiger partial charge in [0.15, 0.2) is 11.5 Å². The molecule has 1 heterocycles. The van der Waals surface area contributed by atoms with Gasteiger partial charge in [-0.25, -0.2) is 4.98 Å². The van der Waals surface area contributed by atoms with Crippen molar-refractivity contribution in [3.05, 3.63) is 28.2 Å². The fourth-order valence-corrected chi connectivity index (χ4v) is 3.17. The maximum Gasteiger partial charge on any atom is 0.309 e. The van der Waals surface area contributed by atoms with Crippen molar-refractivity contribution in [2.45, 2.75) is 13.3 Å². The van der Waals surface area contributed by atoms with Gasteiger partial charge in [0.2, 0.25) is 0 Å². The molecule has 2 rings (SSSR count). The van der Waals surface area contributed by atoms with E-state index in [1.165, 1.54) is 11.3 Å². The number of carbonyl (C=O) groups is 1. The summed E-state index contributed by atoms with van der Waals surface area (Å²) in [6, 6.07) is 3.59. The largest absolute Gasteiger partial charge is 0.490 e. The SMILES string of the molecule is CCOc1cc(-c2nc(CC(=O)O)cs2)cc(Cl)c1OCCN(C)C. The number of ether oxygens (including phenoxy) is 2. The number of carboxylic acid groups (broad SMARTS) is 1. The molecule has 25 heavy (non-hydrogen) atoms. The molecular weight excluding hydrogens is 364 g/mol. The number of hydrogen-bond donors (Lipinski definition) is 1. The third-order valence-corrected chi connectivity index (χ3v) is 4.45. The van der Waals surface area contributed by atoms with Gasteiger partial charge in [0, 0.05) is 17.5 Å². The van der Waals surface area contributed by atoms with Crippen molar-refractivity contribution in [3.63, 3.8) is 0 Å². The molecule has 0 bridgehead atoms. The molecule has 0 aliphatic heterocycles. The lowest BCUT2D eigenvalue weighted by Gasteiger charge is -2.16. The highest BCUT2D eigenvalue weighted by Gasteiger charge is 2.16. The highest BCUT2D eigenvalue weighted by molar-refractivity contribution is 7.13. The molecule has 1 N–H and O–H groups in total. The van der Waals surface area contributed by atoms with Crippen LogP contribution in [0.4, 0.5) is 0 Å². The van der Waals surface area contributed by atoms with E-state index >= 15 is 0 Å². The molecule has 0 aliphatic carbocycles. The molecule has 136 valence electrons. The number of nitrogens with zero attached hydrogens (tertiary/aromatic N) is 2. The van der Waals surface area contributed by atoms with Crippen LogP contribution in [0.2, 0.25) is 5.02 Å². The monoisotopic (exact) mass is 384 g/mol. The van der Waals surface area contributed by atoms with Crippen molar-refractivity contribution in [1.29, 1.82) is 0 Å². The Kier molecular flexibility index (Phi) is 7.04. The van der Waals surface area contributed by atoms with E-state index in [9.17, 15) is 4.79 Å². The number of halogens is 1. The van der Waals surface area contributed by atoms with Crippen molar-refractivity contribution in [1.82, 2.24) is 9.88 Å². The predicted molar refractivity (Wildman–Crippen MR) is 99.1 cm³/mol. The smallest absolute Gasteiger partial charge is 0.309 e. The summed E-state index contributed by atoms with van der Waals surface area (Å²) in [4.78, 5) is 17.2. The Labute approximate surface area is 156 Å². The molecule has 6 nitrogen and oxygen atoms in total. The van der Waals surface area contributed by atoms with Gasteiger partial charge in [0.1, 0.15) is 11.6 Å². The Morgan fingerprint density at radius 3 is 2.76 bits per heavy atom. The zero-order valence-corrected chi connectivity index (χ0v) is 16.0. The average Bonchev–Trinajstić information content (AvgIpc) is 2.97. The van der Waals surface area contributed by atoms with Crippen LogP contribution >= 0.6 is 22.9 Å². The number of aromatic nitrogens is 1. The van der Waals surface area contributed by atoms with E-state index in [-0.39, 0.29) is 6.42 Å². The second-order valence-electron chi connectivity index (χ2n) is 5.58. The van der Waals surface area contributed by atoms with Gasteiger partial charge in [0.25, 0.3) is 0 Å². The first-order chi connectivity index (χ1) is 11.9. The maximum absolute atomic E-state index is 10.8. The summed E-state index contributed by atoms with van der Waals surface area (Å²) in [6.07, 6.45) is -0.103. The molecule has 0 aliphatic rings. The molecule has 0 radical (unpaired) electrons. The highest BCUT2D eigenvalue weighted by Crippen LogP contribution is 2.40. The second kappa shape index (κ2) is 9.03. The van der Waals surface area contributed by atoms with E-state index in [1.54, 1.807) is 11.4 Å². The minimum atomic E-state index is -0.908. The van der Waals surface area contributed by atoms with E-state index in [0.29, 0.717) is 40.4 Å². The zero-order chi connectivity index (χ0) is 18.4. The molecule has 0 saturated carbocycles. The number of hydrogen-bond acceptors (Lipinski definition) is 6. The van der Waals surface area contributed by atoms with Crippen LogP contribution in [0.1, 0.15) is 12.6 Å². The van der Waals surface area contributed by atoms with Crippen LogP contribution in [0.15, 0.2) is 17.5 Å². The highest BCUT2D eigenvalue weighted by atomic mass is 35.5. The third-order valence-electron chi connectivity index (χ3n) is 3.23. The molecule has 0 fully saturated rings. The Hall–Kier alpha value is -1.83. The summed E-state index contributed by atoms with van der Waals surface area (Å²) < 4.78 is 11.5. The number of thiazole rings is 1. The van der Waals surface area contributed by atoms with Crippen LogP contribution in [-0.4, -0.2) is 54.8 Å². The van der Waals surface area contributed by atoms with E-state index in [0.717, 1.165) is 12.1 Å². The van der Waals surface area contributed by atoms with E-state index in [2.05, 4.69) is 4.98 Å². The quantitative estimate of drug-likeness (QED) is 0.714. The van der Waals surface area contributed by atoms with Gasteiger partial charge in [0.05, 0.1) is 23.7 Å². The Balaban J connectivity index is 2.28. The second-order valence-corrected chi connectivity index (χ2v) is 6.85. The fourth-order valence-electron chi connectivity index (χ4n) is 2.10. The molecule has 0 atom stereocenters. The van der Waals surface area contributed by atoms with Gasteiger partial charge < -0.3 is 19.5 Å². The average molecular weight is 385 g/mol. The van der Waals surface area contributed by atoms with E-state index < -0.39 is 5.97 Å². The van der Waals surface area contributed by atoms with Gasteiger partial charge in [-0.1, -0.05) is 11.6 Å². The Morgan fingerprint density at radius 1 is 1.36 bits per heavy atom. The molecule has 0 saturated heterocycles. The first kappa shape index (κ1) is 19.5. The number of rotatable bonds is 9. The van der Waals surface area contributed by atoms with Crippen molar-refractivity contribution in [2.24, 2.45) is 0 Å². The van der Waals surface area contributed by atoms with Crippen LogP contribution in [0.3, 0.4) is 0 Å². The standard InChI is InChI=1S/C17H21ClN2O4S/c1-4-23-14-8-11(17-19-12(10-25-17)9-15(21)22)7-13(18)16(14)24-6-5-20(2)3/h7-8,10H,4-6,9H2,1-3H3,(H,21,22). The summed E-state index contributed by atoms with van der Waals surface area (Å²) in [5.74, 6) is 0.157.